The molecule has 88 valence electrons. The summed E-state index contributed by atoms with van der Waals surface area (Å²) in [5, 5.41) is 3.37. The Hall–Kier alpha value is -0.570. The van der Waals surface area contributed by atoms with E-state index in [4.69, 9.17) is 0 Å². The second-order valence-corrected chi connectivity index (χ2v) is 5.28. The fraction of sp³-hybridized carbons (Fsp3) is 0.917. The maximum atomic E-state index is 11.4. The van der Waals surface area contributed by atoms with Gasteiger partial charge in [-0.25, -0.2) is 0 Å². The van der Waals surface area contributed by atoms with Gasteiger partial charge in [0, 0.05) is 20.1 Å². The molecule has 3 nitrogen and oxygen atoms in total. The molecule has 1 N–H and O–H groups in total. The molecule has 1 rings (SSSR count). The van der Waals surface area contributed by atoms with Crippen LogP contribution in [-0.2, 0) is 4.79 Å². The molecule has 1 fully saturated rings. The Labute approximate surface area is 93.2 Å². The first-order valence-electron chi connectivity index (χ1n) is 5.92. The Morgan fingerprint density at radius 1 is 1.20 bits per heavy atom. The van der Waals surface area contributed by atoms with Crippen LogP contribution in [-0.4, -0.2) is 37.5 Å². The summed E-state index contributed by atoms with van der Waals surface area (Å²) in [6, 6.07) is 0.535. The molecule has 0 aliphatic heterocycles. The fourth-order valence-electron chi connectivity index (χ4n) is 2.50. The summed E-state index contributed by atoms with van der Waals surface area (Å²) >= 11 is 0. The summed E-state index contributed by atoms with van der Waals surface area (Å²) in [4.78, 5) is 13.1. The molecule has 1 unspecified atom stereocenters. The van der Waals surface area contributed by atoms with Gasteiger partial charge in [-0.05, 0) is 31.1 Å². The second-order valence-electron chi connectivity index (χ2n) is 5.28. The van der Waals surface area contributed by atoms with Gasteiger partial charge in [0.1, 0.15) is 0 Å². The van der Waals surface area contributed by atoms with Gasteiger partial charge in [-0.3, -0.25) is 4.79 Å². The lowest BCUT2D eigenvalue weighted by Gasteiger charge is -2.32. The van der Waals surface area contributed by atoms with Crippen molar-refractivity contribution in [3.63, 3.8) is 0 Å². The highest BCUT2D eigenvalue weighted by Crippen LogP contribution is 2.28. The predicted molar refractivity (Wildman–Crippen MR) is 62.7 cm³/mol. The monoisotopic (exact) mass is 212 g/mol. The zero-order chi connectivity index (χ0) is 11.4. The number of likely N-dealkylation sites (N-methyl/N-ethyl adjacent to an activating group) is 1. The van der Waals surface area contributed by atoms with Crippen molar-refractivity contribution in [2.45, 2.75) is 39.2 Å². The Bertz CT molecular complexity index is 206. The average Bonchev–Trinajstić information content (AvgIpc) is 2.12. The van der Waals surface area contributed by atoms with Crippen molar-refractivity contribution >= 4 is 5.91 Å². The third-order valence-corrected chi connectivity index (χ3v) is 3.22. The maximum Gasteiger partial charge on any atom is 0.236 e. The largest absolute Gasteiger partial charge is 0.348 e. The molecule has 15 heavy (non-hydrogen) atoms. The van der Waals surface area contributed by atoms with E-state index in [1.165, 1.54) is 19.3 Å². The minimum absolute atomic E-state index is 0.167. The van der Waals surface area contributed by atoms with Gasteiger partial charge in [-0.15, -0.1) is 0 Å². The van der Waals surface area contributed by atoms with E-state index in [9.17, 15) is 4.79 Å². The SMILES string of the molecule is C[C@@H]1CC(NCC(=O)N(C)C)C[C@H](C)C1. The van der Waals surface area contributed by atoms with Crippen LogP contribution >= 0.6 is 0 Å². The molecule has 3 atom stereocenters. The van der Waals surface area contributed by atoms with Crippen molar-refractivity contribution in [1.82, 2.24) is 10.2 Å². The number of rotatable bonds is 3. The van der Waals surface area contributed by atoms with Crippen LogP contribution in [0.4, 0.5) is 0 Å². The topological polar surface area (TPSA) is 32.3 Å². The number of carbonyl (C=O) groups is 1. The molecule has 0 aromatic rings. The fourth-order valence-corrected chi connectivity index (χ4v) is 2.50. The average molecular weight is 212 g/mol. The maximum absolute atomic E-state index is 11.4. The summed E-state index contributed by atoms with van der Waals surface area (Å²) in [6.45, 7) is 5.09. The van der Waals surface area contributed by atoms with Crippen LogP contribution in [0.5, 0.6) is 0 Å². The van der Waals surface area contributed by atoms with E-state index in [-0.39, 0.29) is 5.91 Å². The Balaban J connectivity index is 2.29. The summed E-state index contributed by atoms with van der Waals surface area (Å²) < 4.78 is 0. The van der Waals surface area contributed by atoms with Crippen molar-refractivity contribution in [3.8, 4) is 0 Å². The first-order chi connectivity index (χ1) is 6.99. The highest BCUT2D eigenvalue weighted by atomic mass is 16.2. The molecule has 1 amide bonds. The van der Waals surface area contributed by atoms with Crippen LogP contribution in [0.2, 0.25) is 0 Å². The molecule has 0 aromatic carbocycles. The molecule has 3 heteroatoms. The molecular formula is C12H24N2O. The zero-order valence-corrected chi connectivity index (χ0v) is 10.4. The van der Waals surface area contributed by atoms with Gasteiger partial charge in [0.2, 0.25) is 5.91 Å². The normalized spacial score (nSPS) is 31.3. The Kier molecular flexibility index (Phi) is 4.58. The van der Waals surface area contributed by atoms with Crippen LogP contribution in [0, 0.1) is 11.8 Å². The molecule has 0 aromatic heterocycles. The first kappa shape index (κ1) is 12.5. The molecular weight excluding hydrogens is 188 g/mol. The van der Waals surface area contributed by atoms with Crippen molar-refractivity contribution in [1.29, 1.82) is 0 Å². The van der Waals surface area contributed by atoms with E-state index in [1.807, 2.05) is 0 Å². The zero-order valence-electron chi connectivity index (χ0n) is 10.4. The van der Waals surface area contributed by atoms with E-state index in [1.54, 1.807) is 19.0 Å². The van der Waals surface area contributed by atoms with E-state index < -0.39 is 0 Å². The molecule has 0 radical (unpaired) electrons. The molecule has 0 bridgehead atoms. The highest BCUT2D eigenvalue weighted by Gasteiger charge is 2.23. The quantitative estimate of drug-likeness (QED) is 0.768. The van der Waals surface area contributed by atoms with E-state index in [0.29, 0.717) is 12.6 Å². The van der Waals surface area contributed by atoms with Crippen LogP contribution in [0.15, 0.2) is 0 Å². The smallest absolute Gasteiger partial charge is 0.236 e. The van der Waals surface area contributed by atoms with Gasteiger partial charge in [0.15, 0.2) is 0 Å². The number of carbonyl (C=O) groups excluding carboxylic acids is 1. The number of hydrogen-bond acceptors (Lipinski definition) is 2. The minimum Gasteiger partial charge on any atom is -0.348 e. The molecule has 0 spiro atoms. The van der Waals surface area contributed by atoms with Crippen molar-refractivity contribution in [2.75, 3.05) is 20.6 Å². The van der Waals surface area contributed by atoms with Gasteiger partial charge in [-0.1, -0.05) is 13.8 Å². The first-order valence-corrected chi connectivity index (χ1v) is 5.92. The molecule has 1 saturated carbocycles. The van der Waals surface area contributed by atoms with Crippen LogP contribution in [0.1, 0.15) is 33.1 Å². The highest BCUT2D eigenvalue weighted by molar-refractivity contribution is 5.77. The lowest BCUT2D eigenvalue weighted by atomic mass is 9.80. The van der Waals surface area contributed by atoms with E-state index in [2.05, 4.69) is 19.2 Å². The number of amides is 1. The lowest BCUT2D eigenvalue weighted by molar-refractivity contribution is -0.127. The predicted octanol–water partition coefficient (Wildman–Crippen LogP) is 1.49. The van der Waals surface area contributed by atoms with Gasteiger partial charge >= 0.3 is 0 Å². The summed E-state index contributed by atoms with van der Waals surface area (Å²) in [6.07, 6.45) is 3.76. The standard InChI is InChI=1S/C12H24N2O/c1-9-5-10(2)7-11(6-9)13-8-12(15)14(3)4/h9-11,13H,5-8H2,1-4H3/t9-,10+,11?. The third kappa shape index (κ3) is 4.20. The van der Waals surface area contributed by atoms with Crippen molar-refractivity contribution in [2.24, 2.45) is 11.8 Å². The van der Waals surface area contributed by atoms with Crippen LogP contribution < -0.4 is 5.32 Å². The van der Waals surface area contributed by atoms with Gasteiger partial charge in [-0.2, -0.15) is 0 Å². The molecule has 0 saturated heterocycles. The summed E-state index contributed by atoms with van der Waals surface area (Å²) in [5.41, 5.74) is 0. The second kappa shape index (κ2) is 5.50. The lowest BCUT2D eigenvalue weighted by Crippen LogP contribution is -2.42. The van der Waals surface area contributed by atoms with Crippen molar-refractivity contribution in [3.05, 3.63) is 0 Å². The van der Waals surface area contributed by atoms with Gasteiger partial charge in [0.25, 0.3) is 0 Å². The molecule has 1 aliphatic carbocycles. The van der Waals surface area contributed by atoms with E-state index >= 15 is 0 Å². The number of nitrogens with zero attached hydrogens (tertiary/aromatic N) is 1. The van der Waals surface area contributed by atoms with Crippen molar-refractivity contribution < 1.29 is 4.79 Å². The van der Waals surface area contributed by atoms with Gasteiger partial charge < -0.3 is 10.2 Å². The molecule has 0 heterocycles. The molecule has 1 aliphatic rings. The van der Waals surface area contributed by atoms with E-state index in [0.717, 1.165) is 11.8 Å². The van der Waals surface area contributed by atoms with Gasteiger partial charge in [0.05, 0.1) is 6.54 Å². The number of nitrogens with one attached hydrogen (secondary N) is 1. The minimum atomic E-state index is 0.167. The Morgan fingerprint density at radius 2 is 1.73 bits per heavy atom. The summed E-state index contributed by atoms with van der Waals surface area (Å²) in [7, 11) is 3.60. The third-order valence-electron chi connectivity index (χ3n) is 3.22. The number of hydrogen-bond donors (Lipinski definition) is 1. The summed E-state index contributed by atoms with van der Waals surface area (Å²) in [5.74, 6) is 1.75. The van der Waals surface area contributed by atoms with Crippen LogP contribution in [0.25, 0.3) is 0 Å². The van der Waals surface area contributed by atoms with Crippen LogP contribution in [0.3, 0.4) is 0 Å². The Morgan fingerprint density at radius 3 is 2.20 bits per heavy atom.